The molecule has 0 radical (unpaired) electrons. The van der Waals surface area contributed by atoms with E-state index >= 15 is 0 Å². The zero-order valence-electron chi connectivity index (χ0n) is 6.38. The SMILES string of the molecule is C=Cc1cc(Cl)ccc1C(N)=O. The highest BCUT2D eigenvalue weighted by Gasteiger charge is 2.04. The van der Waals surface area contributed by atoms with Crippen molar-refractivity contribution in [2.45, 2.75) is 0 Å². The molecule has 2 nitrogen and oxygen atoms in total. The number of amides is 1. The van der Waals surface area contributed by atoms with Crippen LogP contribution >= 0.6 is 11.6 Å². The number of primary amides is 1. The van der Waals surface area contributed by atoms with Crippen molar-refractivity contribution in [1.29, 1.82) is 0 Å². The highest BCUT2D eigenvalue weighted by Crippen LogP contribution is 2.16. The van der Waals surface area contributed by atoms with Crippen molar-refractivity contribution in [3.8, 4) is 0 Å². The third-order valence-electron chi connectivity index (χ3n) is 1.50. The maximum absolute atomic E-state index is 10.8. The van der Waals surface area contributed by atoms with Gasteiger partial charge in [-0.15, -0.1) is 0 Å². The summed E-state index contributed by atoms with van der Waals surface area (Å²) in [7, 11) is 0. The maximum atomic E-state index is 10.8. The van der Waals surface area contributed by atoms with Gasteiger partial charge < -0.3 is 5.73 Å². The molecule has 1 rings (SSSR count). The van der Waals surface area contributed by atoms with E-state index in [9.17, 15) is 4.79 Å². The lowest BCUT2D eigenvalue weighted by atomic mass is 10.1. The van der Waals surface area contributed by atoms with Crippen LogP contribution in [0.1, 0.15) is 15.9 Å². The van der Waals surface area contributed by atoms with Gasteiger partial charge in [0, 0.05) is 10.6 Å². The van der Waals surface area contributed by atoms with Crippen LogP contribution in [0, 0.1) is 0 Å². The molecule has 12 heavy (non-hydrogen) atoms. The molecule has 1 aromatic rings. The van der Waals surface area contributed by atoms with Crippen LogP contribution in [0.25, 0.3) is 6.08 Å². The Morgan fingerprint density at radius 2 is 2.25 bits per heavy atom. The summed E-state index contributed by atoms with van der Waals surface area (Å²) in [6, 6.07) is 4.85. The third kappa shape index (κ3) is 1.66. The van der Waals surface area contributed by atoms with Crippen LogP contribution in [-0.2, 0) is 0 Å². The van der Waals surface area contributed by atoms with Gasteiger partial charge in [0.05, 0.1) is 0 Å². The summed E-state index contributed by atoms with van der Waals surface area (Å²) in [6.07, 6.45) is 1.55. The van der Waals surface area contributed by atoms with Gasteiger partial charge in [-0.05, 0) is 23.8 Å². The molecular weight excluding hydrogens is 174 g/mol. The van der Waals surface area contributed by atoms with E-state index in [1.807, 2.05) is 0 Å². The van der Waals surface area contributed by atoms with Gasteiger partial charge >= 0.3 is 0 Å². The van der Waals surface area contributed by atoms with E-state index < -0.39 is 5.91 Å². The molecule has 3 heteroatoms. The Morgan fingerprint density at radius 3 is 2.75 bits per heavy atom. The molecule has 0 atom stereocenters. The van der Waals surface area contributed by atoms with Crippen molar-refractivity contribution in [3.63, 3.8) is 0 Å². The fraction of sp³-hybridized carbons (Fsp3) is 0. The third-order valence-corrected chi connectivity index (χ3v) is 1.73. The number of carbonyl (C=O) groups is 1. The quantitative estimate of drug-likeness (QED) is 0.746. The molecule has 1 amide bonds. The molecule has 62 valence electrons. The highest BCUT2D eigenvalue weighted by molar-refractivity contribution is 6.30. The minimum Gasteiger partial charge on any atom is -0.366 e. The van der Waals surface area contributed by atoms with E-state index in [1.54, 1.807) is 24.3 Å². The Balaban J connectivity index is 3.29. The Hall–Kier alpha value is -1.28. The molecule has 0 aliphatic rings. The van der Waals surface area contributed by atoms with Gasteiger partial charge in [-0.3, -0.25) is 4.79 Å². The number of carbonyl (C=O) groups excluding carboxylic acids is 1. The molecule has 0 fully saturated rings. The second-order valence-corrected chi connectivity index (χ2v) is 2.74. The van der Waals surface area contributed by atoms with Crippen LogP contribution in [0.5, 0.6) is 0 Å². The van der Waals surface area contributed by atoms with Crippen molar-refractivity contribution in [2.75, 3.05) is 0 Å². The Bertz CT molecular complexity index is 333. The van der Waals surface area contributed by atoms with Gasteiger partial charge in [0.25, 0.3) is 0 Å². The number of halogens is 1. The summed E-state index contributed by atoms with van der Waals surface area (Å²) in [4.78, 5) is 10.8. The first kappa shape index (κ1) is 8.81. The average Bonchev–Trinajstić information content (AvgIpc) is 2.03. The van der Waals surface area contributed by atoms with Crippen LogP contribution in [0.2, 0.25) is 5.02 Å². The molecule has 0 aromatic heterocycles. The van der Waals surface area contributed by atoms with Crippen LogP contribution in [0.15, 0.2) is 24.8 Å². The number of nitrogens with two attached hydrogens (primary N) is 1. The Morgan fingerprint density at radius 1 is 1.58 bits per heavy atom. The van der Waals surface area contributed by atoms with Gasteiger partial charge in [-0.1, -0.05) is 24.3 Å². The first-order valence-corrected chi connectivity index (χ1v) is 3.74. The molecule has 0 heterocycles. The first-order valence-electron chi connectivity index (χ1n) is 3.37. The van der Waals surface area contributed by atoms with E-state index in [-0.39, 0.29) is 0 Å². The average molecular weight is 182 g/mol. The molecule has 2 N–H and O–H groups in total. The van der Waals surface area contributed by atoms with Gasteiger partial charge in [0.2, 0.25) is 5.91 Å². The zero-order valence-corrected chi connectivity index (χ0v) is 7.14. The number of rotatable bonds is 2. The van der Waals surface area contributed by atoms with Gasteiger partial charge in [0.15, 0.2) is 0 Å². The molecule has 0 unspecified atom stereocenters. The summed E-state index contributed by atoms with van der Waals surface area (Å²) in [6.45, 7) is 3.55. The fourth-order valence-corrected chi connectivity index (χ4v) is 1.11. The summed E-state index contributed by atoms with van der Waals surface area (Å²) in [5.74, 6) is -0.471. The predicted molar refractivity (Wildman–Crippen MR) is 50.1 cm³/mol. The van der Waals surface area contributed by atoms with Crippen molar-refractivity contribution in [3.05, 3.63) is 40.9 Å². The maximum Gasteiger partial charge on any atom is 0.249 e. The van der Waals surface area contributed by atoms with Gasteiger partial charge in [-0.25, -0.2) is 0 Å². The molecule has 0 saturated carbocycles. The summed E-state index contributed by atoms with van der Waals surface area (Å²) < 4.78 is 0. The van der Waals surface area contributed by atoms with Crippen LogP contribution in [0.4, 0.5) is 0 Å². The zero-order chi connectivity index (χ0) is 9.14. The largest absolute Gasteiger partial charge is 0.366 e. The number of hydrogen-bond donors (Lipinski definition) is 1. The molecule has 0 spiro atoms. The smallest absolute Gasteiger partial charge is 0.249 e. The molecule has 0 aliphatic carbocycles. The van der Waals surface area contributed by atoms with E-state index in [4.69, 9.17) is 17.3 Å². The van der Waals surface area contributed by atoms with Crippen molar-refractivity contribution < 1.29 is 4.79 Å². The standard InChI is InChI=1S/C9H8ClNO/c1-2-6-5-7(10)3-4-8(6)9(11)12/h2-5H,1H2,(H2,11,12). The monoisotopic (exact) mass is 181 g/mol. The van der Waals surface area contributed by atoms with E-state index in [2.05, 4.69) is 6.58 Å². The lowest BCUT2D eigenvalue weighted by Gasteiger charge is -2.01. The molecular formula is C9H8ClNO. The minimum absolute atomic E-state index is 0.439. The lowest BCUT2D eigenvalue weighted by molar-refractivity contribution is 0.1000. The molecule has 1 aromatic carbocycles. The highest BCUT2D eigenvalue weighted by atomic mass is 35.5. The van der Waals surface area contributed by atoms with E-state index in [1.165, 1.54) is 0 Å². The van der Waals surface area contributed by atoms with Gasteiger partial charge in [-0.2, -0.15) is 0 Å². The van der Waals surface area contributed by atoms with Crippen molar-refractivity contribution >= 4 is 23.6 Å². The molecule has 0 bridgehead atoms. The minimum atomic E-state index is -0.471. The summed E-state index contributed by atoms with van der Waals surface area (Å²) in [5, 5.41) is 0.565. The van der Waals surface area contributed by atoms with E-state index in [0.29, 0.717) is 16.1 Å². The second-order valence-electron chi connectivity index (χ2n) is 2.30. The molecule has 0 aliphatic heterocycles. The van der Waals surface area contributed by atoms with Crippen LogP contribution in [-0.4, -0.2) is 5.91 Å². The lowest BCUT2D eigenvalue weighted by Crippen LogP contribution is -2.12. The number of benzene rings is 1. The van der Waals surface area contributed by atoms with Crippen molar-refractivity contribution in [1.82, 2.24) is 0 Å². The number of hydrogen-bond acceptors (Lipinski definition) is 1. The normalized spacial score (nSPS) is 9.42. The topological polar surface area (TPSA) is 43.1 Å². The van der Waals surface area contributed by atoms with E-state index in [0.717, 1.165) is 0 Å². The predicted octanol–water partition coefficient (Wildman–Crippen LogP) is 2.08. The summed E-state index contributed by atoms with van der Waals surface area (Å²) >= 11 is 5.70. The Kier molecular flexibility index (Phi) is 2.51. The summed E-state index contributed by atoms with van der Waals surface area (Å²) in [5.41, 5.74) is 6.21. The fourth-order valence-electron chi connectivity index (χ4n) is 0.927. The second kappa shape index (κ2) is 3.41. The first-order chi connectivity index (χ1) is 5.65. The van der Waals surface area contributed by atoms with Crippen LogP contribution in [0.3, 0.4) is 0 Å². The Labute approximate surface area is 75.6 Å². The molecule has 0 saturated heterocycles. The van der Waals surface area contributed by atoms with Crippen molar-refractivity contribution in [2.24, 2.45) is 5.73 Å². The van der Waals surface area contributed by atoms with Gasteiger partial charge in [0.1, 0.15) is 0 Å². The van der Waals surface area contributed by atoms with Crippen LogP contribution < -0.4 is 5.73 Å².